The van der Waals surface area contributed by atoms with Crippen LogP contribution < -0.4 is 10.1 Å². The molecular weight excluding hydrogens is 460 g/mol. The van der Waals surface area contributed by atoms with Crippen LogP contribution in [-0.4, -0.2) is 22.9 Å². The number of hydrogen-bond donors (Lipinski definition) is 1. The van der Waals surface area contributed by atoms with Crippen molar-refractivity contribution in [2.24, 2.45) is 0 Å². The van der Waals surface area contributed by atoms with Gasteiger partial charge in [0, 0.05) is 33.7 Å². The molecule has 0 aliphatic heterocycles. The Morgan fingerprint density at radius 3 is 2.51 bits per heavy atom. The number of halogens is 1. The largest absolute Gasteiger partial charge is 0.483 e. The summed E-state index contributed by atoms with van der Waals surface area (Å²) < 4.78 is 7.89. The second kappa shape index (κ2) is 10.4. The van der Waals surface area contributed by atoms with Crippen LogP contribution in [-0.2, 0) is 11.3 Å². The number of amides is 1. The van der Waals surface area contributed by atoms with E-state index in [4.69, 9.17) is 16.3 Å². The second-order valence-electron chi connectivity index (χ2n) is 8.88. The highest BCUT2D eigenvalue weighted by molar-refractivity contribution is 6.30. The van der Waals surface area contributed by atoms with Crippen LogP contribution in [0.15, 0.2) is 66.7 Å². The molecule has 0 aliphatic carbocycles. The summed E-state index contributed by atoms with van der Waals surface area (Å²) in [4.78, 5) is 23.9. The molecule has 0 fully saturated rings. The zero-order valence-corrected chi connectivity index (χ0v) is 21.1. The minimum absolute atomic E-state index is 0.117. The van der Waals surface area contributed by atoms with Crippen molar-refractivity contribution in [2.45, 2.75) is 46.4 Å². The van der Waals surface area contributed by atoms with E-state index in [2.05, 4.69) is 23.7 Å². The number of benzene rings is 3. The first-order chi connectivity index (χ1) is 16.8. The normalized spacial score (nSPS) is 12.8. The molecule has 0 bridgehead atoms. The van der Waals surface area contributed by atoms with Crippen molar-refractivity contribution in [3.05, 3.63) is 99.7 Å². The van der Waals surface area contributed by atoms with Crippen molar-refractivity contribution in [1.29, 1.82) is 0 Å². The molecule has 1 heterocycles. The number of nitrogens with one attached hydrogen (secondary N) is 1. The summed E-state index contributed by atoms with van der Waals surface area (Å²) in [5.74, 6) is 0.551. The molecular formula is C29H29ClN2O3. The Bertz CT molecular complexity index is 1370. The molecule has 5 nitrogen and oxygen atoms in total. The number of fused-ring (bicyclic) bond motifs is 1. The van der Waals surface area contributed by atoms with Crippen LogP contribution in [0.3, 0.4) is 0 Å². The lowest BCUT2D eigenvalue weighted by Gasteiger charge is -2.15. The smallest absolute Gasteiger partial charge is 0.251 e. The first-order valence-corrected chi connectivity index (χ1v) is 12.0. The van der Waals surface area contributed by atoms with Crippen LogP contribution in [0.2, 0.25) is 5.02 Å². The molecule has 0 spiro atoms. The Kier molecular flexibility index (Phi) is 7.27. The Labute approximate surface area is 210 Å². The first-order valence-electron chi connectivity index (χ1n) is 11.6. The third-order valence-corrected chi connectivity index (χ3v) is 6.62. The molecule has 6 heteroatoms. The molecule has 1 amide bonds. The van der Waals surface area contributed by atoms with Crippen molar-refractivity contribution >= 4 is 34.7 Å². The lowest BCUT2D eigenvalue weighted by atomic mass is 10.1. The van der Waals surface area contributed by atoms with Gasteiger partial charge in [-0.3, -0.25) is 9.59 Å². The van der Waals surface area contributed by atoms with Gasteiger partial charge >= 0.3 is 0 Å². The fourth-order valence-electron chi connectivity index (χ4n) is 4.25. The molecule has 180 valence electrons. The van der Waals surface area contributed by atoms with Crippen LogP contribution in [0.25, 0.3) is 10.9 Å². The molecule has 3 aromatic carbocycles. The first kappa shape index (κ1) is 24.6. The van der Waals surface area contributed by atoms with Crippen LogP contribution >= 0.6 is 11.6 Å². The van der Waals surface area contributed by atoms with E-state index in [1.807, 2.05) is 73.7 Å². The van der Waals surface area contributed by atoms with E-state index in [1.54, 1.807) is 6.92 Å². The van der Waals surface area contributed by atoms with Crippen LogP contribution in [0.1, 0.15) is 52.6 Å². The highest BCUT2D eigenvalue weighted by atomic mass is 35.5. The van der Waals surface area contributed by atoms with Gasteiger partial charge in [-0.1, -0.05) is 35.9 Å². The van der Waals surface area contributed by atoms with E-state index in [0.29, 0.717) is 22.9 Å². The summed E-state index contributed by atoms with van der Waals surface area (Å²) in [5, 5.41) is 4.80. The maximum Gasteiger partial charge on any atom is 0.251 e. The van der Waals surface area contributed by atoms with E-state index in [-0.39, 0.29) is 11.9 Å². The van der Waals surface area contributed by atoms with Gasteiger partial charge < -0.3 is 14.6 Å². The Hall–Kier alpha value is -3.57. The molecule has 2 atom stereocenters. The fraction of sp³-hybridized carbons (Fsp3) is 0.241. The summed E-state index contributed by atoms with van der Waals surface area (Å²) in [6.45, 7) is 8.50. The maximum absolute atomic E-state index is 13.0. The number of carbonyl (C=O) groups excluding carboxylic acids is 2. The van der Waals surface area contributed by atoms with Gasteiger partial charge in [0.2, 0.25) is 0 Å². The quantitative estimate of drug-likeness (QED) is 0.291. The average molecular weight is 489 g/mol. The topological polar surface area (TPSA) is 60.3 Å². The standard InChI is InChI=1S/C29H29ClN2O3/c1-18(17-33)35-26-7-5-6-22(14-26)16-32-21(4)19(2)27-15-24(10-13-28(27)32)29(34)31-20(3)23-8-11-25(30)12-9-23/h5-15,17-18,20H,16H2,1-4H3,(H,31,34)/t18-,20-/m0/s1. The molecule has 4 aromatic rings. The lowest BCUT2D eigenvalue weighted by Crippen LogP contribution is -2.26. The maximum atomic E-state index is 13.0. The number of rotatable bonds is 8. The Balaban J connectivity index is 1.58. The predicted molar refractivity (Wildman–Crippen MR) is 140 cm³/mol. The zero-order chi connectivity index (χ0) is 25.1. The van der Waals surface area contributed by atoms with E-state index in [0.717, 1.165) is 39.6 Å². The van der Waals surface area contributed by atoms with Crippen molar-refractivity contribution in [3.63, 3.8) is 0 Å². The molecule has 0 saturated carbocycles. The summed E-state index contributed by atoms with van der Waals surface area (Å²) in [6, 6.07) is 21.0. The van der Waals surface area contributed by atoms with Gasteiger partial charge in [-0.25, -0.2) is 0 Å². The molecule has 0 radical (unpaired) electrons. The van der Waals surface area contributed by atoms with Crippen molar-refractivity contribution in [3.8, 4) is 5.75 Å². The number of carbonyl (C=O) groups is 2. The molecule has 35 heavy (non-hydrogen) atoms. The molecule has 1 N–H and O–H groups in total. The molecule has 1 aromatic heterocycles. The summed E-state index contributed by atoms with van der Waals surface area (Å²) in [6.07, 6.45) is 0.289. The minimum atomic E-state index is -0.492. The van der Waals surface area contributed by atoms with Gasteiger partial charge in [0.05, 0.1) is 6.04 Å². The van der Waals surface area contributed by atoms with E-state index in [9.17, 15) is 9.59 Å². The number of nitrogens with zero attached hydrogens (tertiary/aromatic N) is 1. The van der Waals surface area contributed by atoms with E-state index < -0.39 is 6.10 Å². The van der Waals surface area contributed by atoms with Gasteiger partial charge in [-0.05, 0) is 86.8 Å². The van der Waals surface area contributed by atoms with Crippen LogP contribution in [0.4, 0.5) is 0 Å². The summed E-state index contributed by atoms with van der Waals surface area (Å²) in [7, 11) is 0. The summed E-state index contributed by atoms with van der Waals surface area (Å²) in [5.41, 5.74) is 6.03. The molecule has 4 rings (SSSR count). The molecule has 0 unspecified atom stereocenters. The third-order valence-electron chi connectivity index (χ3n) is 6.37. The summed E-state index contributed by atoms with van der Waals surface area (Å²) >= 11 is 5.98. The highest BCUT2D eigenvalue weighted by Gasteiger charge is 2.16. The van der Waals surface area contributed by atoms with E-state index in [1.165, 1.54) is 0 Å². The third kappa shape index (κ3) is 5.41. The monoisotopic (exact) mass is 488 g/mol. The van der Waals surface area contributed by atoms with Crippen LogP contribution in [0.5, 0.6) is 5.75 Å². The van der Waals surface area contributed by atoms with Gasteiger partial charge in [0.25, 0.3) is 5.91 Å². The molecule has 0 aliphatic rings. The van der Waals surface area contributed by atoms with Gasteiger partial charge in [0.15, 0.2) is 12.4 Å². The number of aldehydes is 1. The number of aromatic nitrogens is 1. The van der Waals surface area contributed by atoms with Gasteiger partial charge in [0.1, 0.15) is 5.75 Å². The Morgan fingerprint density at radius 1 is 1.06 bits per heavy atom. The van der Waals surface area contributed by atoms with Crippen molar-refractivity contribution in [2.75, 3.05) is 0 Å². The molecule has 0 saturated heterocycles. The second-order valence-corrected chi connectivity index (χ2v) is 9.32. The van der Waals surface area contributed by atoms with Gasteiger partial charge in [-0.2, -0.15) is 0 Å². The van der Waals surface area contributed by atoms with Crippen molar-refractivity contribution in [1.82, 2.24) is 9.88 Å². The SMILES string of the molecule is Cc1c(C)n(Cc2cccc(O[C@@H](C)C=O)c2)c2ccc(C(=O)N[C@@H](C)c3ccc(Cl)cc3)cc12. The predicted octanol–water partition coefficient (Wildman–Crippen LogP) is 6.42. The number of ether oxygens (including phenoxy) is 1. The van der Waals surface area contributed by atoms with Gasteiger partial charge in [-0.15, -0.1) is 0 Å². The lowest BCUT2D eigenvalue weighted by molar-refractivity contribution is -0.113. The number of hydrogen-bond acceptors (Lipinski definition) is 3. The van der Waals surface area contributed by atoms with E-state index >= 15 is 0 Å². The number of aryl methyl sites for hydroxylation is 1. The van der Waals surface area contributed by atoms with Crippen molar-refractivity contribution < 1.29 is 14.3 Å². The zero-order valence-electron chi connectivity index (χ0n) is 20.3. The Morgan fingerprint density at radius 2 is 1.80 bits per heavy atom. The minimum Gasteiger partial charge on any atom is -0.483 e. The highest BCUT2D eigenvalue weighted by Crippen LogP contribution is 2.28. The van der Waals surface area contributed by atoms with Crippen LogP contribution in [0, 0.1) is 13.8 Å². The average Bonchev–Trinajstić information content (AvgIpc) is 3.08. The fourth-order valence-corrected chi connectivity index (χ4v) is 4.38.